The number of carbonyl (C=O) groups excluding carboxylic acids is 1. The summed E-state index contributed by atoms with van der Waals surface area (Å²) in [5, 5.41) is 0. The van der Waals surface area contributed by atoms with Gasteiger partial charge in [-0.25, -0.2) is 9.18 Å². The van der Waals surface area contributed by atoms with E-state index in [4.69, 9.17) is 14.2 Å². The molecule has 1 aliphatic rings. The Balaban J connectivity index is 1.54. The van der Waals surface area contributed by atoms with Crippen molar-refractivity contribution in [2.75, 3.05) is 13.2 Å². The van der Waals surface area contributed by atoms with Gasteiger partial charge in [0.25, 0.3) is 0 Å². The minimum absolute atomic E-state index is 0.0583. The Hall–Kier alpha value is -2.24. The zero-order chi connectivity index (χ0) is 21.3. The average Bonchev–Trinajstić information content (AvgIpc) is 2.77. The largest absolute Gasteiger partial charge is 0.420 e. The lowest BCUT2D eigenvalue weighted by Gasteiger charge is -2.29. The first-order valence-corrected chi connectivity index (χ1v) is 10.9. The molecule has 1 saturated heterocycles. The second-order valence-electron chi connectivity index (χ2n) is 7.89. The summed E-state index contributed by atoms with van der Waals surface area (Å²) < 4.78 is 31.1. The van der Waals surface area contributed by atoms with Gasteiger partial charge in [-0.15, -0.1) is 0 Å². The molecule has 3 rings (SSSR count). The van der Waals surface area contributed by atoms with Crippen LogP contribution in [0.4, 0.5) is 4.39 Å². The van der Waals surface area contributed by atoms with E-state index in [0.717, 1.165) is 30.4 Å². The number of halogens is 1. The molecule has 1 heterocycles. The molecule has 2 aromatic carbocycles. The normalized spacial score (nSPS) is 18.9. The van der Waals surface area contributed by atoms with Crippen LogP contribution < -0.4 is 4.74 Å². The second-order valence-corrected chi connectivity index (χ2v) is 7.89. The van der Waals surface area contributed by atoms with Crippen LogP contribution >= 0.6 is 0 Å². The van der Waals surface area contributed by atoms with Crippen molar-refractivity contribution >= 4 is 5.97 Å². The highest BCUT2D eigenvalue weighted by atomic mass is 19.1. The maximum Gasteiger partial charge on any atom is 0.343 e. The first-order valence-electron chi connectivity index (χ1n) is 10.9. The quantitative estimate of drug-likeness (QED) is 0.277. The molecule has 0 N–H and O–H groups in total. The van der Waals surface area contributed by atoms with Gasteiger partial charge in [0.2, 0.25) is 0 Å². The van der Waals surface area contributed by atoms with Gasteiger partial charge < -0.3 is 14.2 Å². The number of esters is 1. The Morgan fingerprint density at radius 1 is 1.03 bits per heavy atom. The molecule has 0 unspecified atom stereocenters. The number of unbranched alkanes of at least 4 members (excludes halogenated alkanes) is 2. The van der Waals surface area contributed by atoms with Gasteiger partial charge in [0, 0.05) is 11.5 Å². The van der Waals surface area contributed by atoms with Crippen molar-refractivity contribution in [3.8, 4) is 5.75 Å². The zero-order valence-corrected chi connectivity index (χ0v) is 17.9. The predicted octanol–water partition coefficient (Wildman–Crippen LogP) is 6.24. The molecule has 1 aliphatic heterocycles. The van der Waals surface area contributed by atoms with E-state index in [1.807, 2.05) is 6.92 Å². The van der Waals surface area contributed by atoms with Crippen LogP contribution in [0.15, 0.2) is 42.5 Å². The molecule has 0 saturated carbocycles. The molecule has 0 amide bonds. The standard InChI is InChI=1S/C25H31FO4/c1-3-5-6-8-19-16-28-25(29-17-19)21-12-10-20(11-13-21)24(27)30-23-14-9-18(7-4-2)15-22(23)26/h9-15,19,25H,3-8,16-17H2,1-2H3. The number of carbonyl (C=O) groups is 1. The zero-order valence-electron chi connectivity index (χ0n) is 17.9. The SMILES string of the molecule is CCCCCC1COC(c2ccc(C(=O)Oc3ccc(CCC)cc3F)cc2)OC1. The molecular weight excluding hydrogens is 383 g/mol. The highest BCUT2D eigenvalue weighted by Gasteiger charge is 2.23. The highest BCUT2D eigenvalue weighted by Crippen LogP contribution is 2.28. The lowest BCUT2D eigenvalue weighted by Crippen LogP contribution is -2.27. The third-order valence-electron chi connectivity index (χ3n) is 5.34. The van der Waals surface area contributed by atoms with Crippen molar-refractivity contribution in [3.63, 3.8) is 0 Å². The van der Waals surface area contributed by atoms with E-state index in [2.05, 4.69) is 6.92 Å². The van der Waals surface area contributed by atoms with Crippen LogP contribution in [0, 0.1) is 11.7 Å². The van der Waals surface area contributed by atoms with Gasteiger partial charge >= 0.3 is 5.97 Å². The summed E-state index contributed by atoms with van der Waals surface area (Å²) in [4.78, 5) is 12.4. The van der Waals surface area contributed by atoms with Crippen molar-refractivity contribution in [1.82, 2.24) is 0 Å². The number of aryl methyl sites for hydroxylation is 1. The maximum atomic E-state index is 14.2. The van der Waals surface area contributed by atoms with E-state index in [0.29, 0.717) is 24.7 Å². The fourth-order valence-electron chi connectivity index (χ4n) is 3.59. The first kappa shape index (κ1) is 22.4. The van der Waals surface area contributed by atoms with Crippen LogP contribution in [-0.4, -0.2) is 19.2 Å². The van der Waals surface area contributed by atoms with Crippen LogP contribution in [0.3, 0.4) is 0 Å². The van der Waals surface area contributed by atoms with E-state index in [1.165, 1.54) is 31.4 Å². The fourth-order valence-corrected chi connectivity index (χ4v) is 3.59. The number of hydrogen-bond donors (Lipinski definition) is 0. The lowest BCUT2D eigenvalue weighted by atomic mass is 10.0. The number of ether oxygens (including phenoxy) is 3. The third-order valence-corrected chi connectivity index (χ3v) is 5.34. The average molecular weight is 415 g/mol. The van der Waals surface area contributed by atoms with Crippen molar-refractivity contribution in [3.05, 3.63) is 65.0 Å². The topological polar surface area (TPSA) is 44.8 Å². The Bertz CT molecular complexity index is 810. The molecular formula is C25H31FO4. The number of benzene rings is 2. The van der Waals surface area contributed by atoms with Crippen LogP contribution in [0.5, 0.6) is 5.75 Å². The first-order chi connectivity index (χ1) is 14.6. The van der Waals surface area contributed by atoms with Crippen molar-refractivity contribution in [1.29, 1.82) is 0 Å². The molecule has 0 aliphatic carbocycles. The molecule has 0 atom stereocenters. The van der Waals surface area contributed by atoms with Crippen molar-refractivity contribution in [2.24, 2.45) is 5.92 Å². The smallest absolute Gasteiger partial charge is 0.343 e. The molecule has 162 valence electrons. The Labute approximate surface area is 178 Å². The minimum atomic E-state index is -0.592. The molecule has 2 aromatic rings. The number of hydrogen-bond acceptors (Lipinski definition) is 4. The molecule has 5 heteroatoms. The third kappa shape index (κ3) is 6.13. The van der Waals surface area contributed by atoms with E-state index in [9.17, 15) is 9.18 Å². The lowest BCUT2D eigenvalue weighted by molar-refractivity contribution is -0.206. The van der Waals surface area contributed by atoms with Gasteiger partial charge in [-0.2, -0.15) is 0 Å². The molecule has 1 fully saturated rings. The molecule has 0 spiro atoms. The monoisotopic (exact) mass is 414 g/mol. The van der Waals surface area contributed by atoms with Crippen LogP contribution in [0.25, 0.3) is 0 Å². The van der Waals surface area contributed by atoms with Crippen LogP contribution in [-0.2, 0) is 15.9 Å². The van der Waals surface area contributed by atoms with E-state index < -0.39 is 18.1 Å². The fraction of sp³-hybridized carbons (Fsp3) is 0.480. The van der Waals surface area contributed by atoms with Crippen LogP contribution in [0.1, 0.15) is 73.7 Å². The van der Waals surface area contributed by atoms with Gasteiger partial charge in [0.05, 0.1) is 18.8 Å². The summed E-state index contributed by atoms with van der Waals surface area (Å²) in [6.07, 6.45) is 6.09. The second kappa shape index (κ2) is 11.2. The number of rotatable bonds is 9. The molecule has 0 bridgehead atoms. The Morgan fingerprint density at radius 2 is 1.77 bits per heavy atom. The van der Waals surface area contributed by atoms with Gasteiger partial charge in [0.15, 0.2) is 17.9 Å². The summed E-state index contributed by atoms with van der Waals surface area (Å²) in [6.45, 7) is 5.60. The molecule has 0 radical (unpaired) electrons. The summed E-state index contributed by atoms with van der Waals surface area (Å²) in [5.41, 5.74) is 2.09. The van der Waals surface area contributed by atoms with Gasteiger partial charge in [0.1, 0.15) is 0 Å². The van der Waals surface area contributed by atoms with Crippen molar-refractivity contribution < 1.29 is 23.4 Å². The summed E-state index contributed by atoms with van der Waals surface area (Å²) in [5.74, 6) is -0.730. The van der Waals surface area contributed by atoms with Gasteiger partial charge in [-0.05, 0) is 42.7 Å². The van der Waals surface area contributed by atoms with Gasteiger partial charge in [-0.1, -0.05) is 57.7 Å². The molecule has 0 aromatic heterocycles. The van der Waals surface area contributed by atoms with Gasteiger partial charge in [-0.3, -0.25) is 0 Å². The molecule has 4 nitrogen and oxygen atoms in total. The minimum Gasteiger partial charge on any atom is -0.420 e. The maximum absolute atomic E-state index is 14.2. The highest BCUT2D eigenvalue weighted by molar-refractivity contribution is 5.91. The van der Waals surface area contributed by atoms with E-state index in [-0.39, 0.29) is 5.75 Å². The van der Waals surface area contributed by atoms with Crippen molar-refractivity contribution in [2.45, 2.75) is 58.7 Å². The summed E-state index contributed by atoms with van der Waals surface area (Å²) in [6, 6.07) is 11.6. The Kier molecular flexibility index (Phi) is 8.40. The van der Waals surface area contributed by atoms with Crippen LogP contribution in [0.2, 0.25) is 0 Å². The molecule has 30 heavy (non-hydrogen) atoms. The summed E-state index contributed by atoms with van der Waals surface area (Å²) >= 11 is 0. The summed E-state index contributed by atoms with van der Waals surface area (Å²) in [7, 11) is 0. The van der Waals surface area contributed by atoms with E-state index in [1.54, 1.807) is 30.3 Å². The van der Waals surface area contributed by atoms with E-state index >= 15 is 0 Å². The predicted molar refractivity (Wildman–Crippen MR) is 114 cm³/mol. The Morgan fingerprint density at radius 3 is 2.40 bits per heavy atom.